The van der Waals surface area contributed by atoms with Crippen LogP contribution in [0.15, 0.2) is 24.3 Å². The fraction of sp³-hybridized carbons (Fsp3) is 0.200. The van der Waals surface area contributed by atoms with Crippen molar-refractivity contribution in [1.82, 2.24) is 0 Å². The molecular formula is C10H11NO5. The lowest BCUT2D eigenvalue weighted by atomic mass is 10.3. The summed E-state index contributed by atoms with van der Waals surface area (Å²) >= 11 is 0. The molecule has 16 heavy (non-hydrogen) atoms. The van der Waals surface area contributed by atoms with Gasteiger partial charge in [0.15, 0.2) is 0 Å². The molecule has 3 N–H and O–H groups in total. The van der Waals surface area contributed by atoms with Crippen molar-refractivity contribution in [2.24, 2.45) is 0 Å². The highest BCUT2D eigenvalue weighted by atomic mass is 16.5. The number of hydrogen-bond donors (Lipinski definition) is 3. The molecule has 0 unspecified atom stereocenters. The lowest BCUT2D eigenvalue weighted by molar-refractivity contribution is -0.159. The highest BCUT2D eigenvalue weighted by Crippen LogP contribution is 2.25. The van der Waals surface area contributed by atoms with E-state index in [-0.39, 0.29) is 0 Å². The molecule has 0 aliphatic carbocycles. The van der Waals surface area contributed by atoms with Gasteiger partial charge >= 0.3 is 11.9 Å². The molecule has 0 radical (unpaired) electrons. The van der Waals surface area contributed by atoms with Crippen molar-refractivity contribution in [2.45, 2.75) is 0 Å². The number of carboxylic acid groups (broad SMARTS) is 2. The number of anilines is 1. The fourth-order valence-electron chi connectivity index (χ4n) is 1.09. The molecule has 86 valence electrons. The van der Waals surface area contributed by atoms with Gasteiger partial charge in [-0.25, -0.2) is 9.59 Å². The third-order valence-corrected chi connectivity index (χ3v) is 1.75. The Morgan fingerprint density at radius 3 is 2.38 bits per heavy atom. The number of ether oxygens (including phenoxy) is 1. The van der Waals surface area contributed by atoms with Crippen LogP contribution in [0.25, 0.3) is 0 Å². The number of nitrogens with one attached hydrogen (secondary N) is 1. The van der Waals surface area contributed by atoms with E-state index in [4.69, 9.17) is 24.5 Å². The van der Waals surface area contributed by atoms with Gasteiger partial charge in [-0.15, -0.1) is 0 Å². The molecule has 1 aromatic rings. The van der Waals surface area contributed by atoms with Gasteiger partial charge in [0.05, 0.1) is 5.69 Å². The summed E-state index contributed by atoms with van der Waals surface area (Å²) in [7, 11) is 0. The van der Waals surface area contributed by atoms with E-state index in [1.54, 1.807) is 0 Å². The first-order valence-electron chi connectivity index (χ1n) is 4.53. The fourth-order valence-corrected chi connectivity index (χ4v) is 1.09. The summed E-state index contributed by atoms with van der Waals surface area (Å²) < 4.78 is 5.36. The van der Waals surface area contributed by atoms with Crippen LogP contribution in [0, 0.1) is 0 Å². The zero-order valence-electron chi connectivity index (χ0n) is 8.34. The molecule has 6 heteroatoms. The first-order chi connectivity index (χ1) is 7.61. The third-order valence-electron chi connectivity index (χ3n) is 1.75. The molecule has 0 saturated heterocycles. The number of carbonyl (C=O) groups is 2. The van der Waals surface area contributed by atoms with Crippen LogP contribution >= 0.6 is 0 Å². The molecule has 0 bridgehead atoms. The Balaban J connectivity index is 0.000000187. The van der Waals surface area contributed by atoms with E-state index in [9.17, 15) is 0 Å². The Bertz CT molecular complexity index is 354. The van der Waals surface area contributed by atoms with Crippen LogP contribution in [0.1, 0.15) is 0 Å². The zero-order valence-corrected chi connectivity index (χ0v) is 8.34. The van der Waals surface area contributed by atoms with E-state index in [2.05, 4.69) is 5.32 Å². The number of carboxylic acids is 2. The first kappa shape index (κ1) is 11.8. The van der Waals surface area contributed by atoms with Crippen molar-refractivity contribution >= 4 is 17.6 Å². The summed E-state index contributed by atoms with van der Waals surface area (Å²) in [5.74, 6) is -2.68. The minimum Gasteiger partial charge on any atom is -0.490 e. The Morgan fingerprint density at radius 2 is 1.81 bits per heavy atom. The van der Waals surface area contributed by atoms with E-state index in [0.29, 0.717) is 0 Å². The van der Waals surface area contributed by atoms with E-state index in [1.165, 1.54) is 0 Å². The summed E-state index contributed by atoms with van der Waals surface area (Å²) in [5.41, 5.74) is 1.11. The van der Waals surface area contributed by atoms with Crippen molar-refractivity contribution in [3.63, 3.8) is 0 Å². The van der Waals surface area contributed by atoms with Gasteiger partial charge < -0.3 is 20.3 Å². The molecule has 1 aliphatic rings. The molecule has 1 aromatic carbocycles. The number of benzene rings is 1. The minimum absolute atomic E-state index is 0.775. The predicted molar refractivity (Wildman–Crippen MR) is 55.7 cm³/mol. The molecule has 0 amide bonds. The topological polar surface area (TPSA) is 95.9 Å². The van der Waals surface area contributed by atoms with Crippen molar-refractivity contribution in [2.75, 3.05) is 18.5 Å². The van der Waals surface area contributed by atoms with Crippen molar-refractivity contribution in [3.8, 4) is 5.75 Å². The van der Waals surface area contributed by atoms with Crippen LogP contribution in [-0.2, 0) is 9.59 Å². The Kier molecular flexibility index (Phi) is 4.14. The molecule has 1 aliphatic heterocycles. The summed E-state index contributed by atoms with van der Waals surface area (Å²) in [5, 5.41) is 18.0. The summed E-state index contributed by atoms with van der Waals surface area (Å²) in [4.78, 5) is 18.2. The average Bonchev–Trinajstić information content (AvgIpc) is 2.30. The van der Waals surface area contributed by atoms with Gasteiger partial charge in [0.25, 0.3) is 0 Å². The normalized spacial score (nSPS) is 12.0. The van der Waals surface area contributed by atoms with Crippen LogP contribution < -0.4 is 10.1 Å². The molecule has 6 nitrogen and oxygen atoms in total. The van der Waals surface area contributed by atoms with Crippen LogP contribution in [0.5, 0.6) is 5.75 Å². The van der Waals surface area contributed by atoms with Crippen LogP contribution in [0.2, 0.25) is 0 Å². The maximum Gasteiger partial charge on any atom is 0.414 e. The Morgan fingerprint density at radius 1 is 1.19 bits per heavy atom. The smallest absolute Gasteiger partial charge is 0.414 e. The maximum atomic E-state index is 9.10. The maximum absolute atomic E-state index is 9.10. The van der Waals surface area contributed by atoms with E-state index < -0.39 is 11.9 Å². The van der Waals surface area contributed by atoms with E-state index >= 15 is 0 Å². The number of aliphatic carboxylic acids is 2. The van der Waals surface area contributed by atoms with Gasteiger partial charge in [0, 0.05) is 6.54 Å². The number of fused-ring (bicyclic) bond motifs is 1. The van der Waals surface area contributed by atoms with Crippen molar-refractivity contribution in [1.29, 1.82) is 0 Å². The van der Waals surface area contributed by atoms with Gasteiger partial charge in [0.2, 0.25) is 0 Å². The summed E-state index contributed by atoms with van der Waals surface area (Å²) in [6.07, 6.45) is 0. The highest BCUT2D eigenvalue weighted by Gasteiger charge is 2.05. The largest absolute Gasteiger partial charge is 0.490 e. The van der Waals surface area contributed by atoms with Gasteiger partial charge in [0.1, 0.15) is 12.4 Å². The van der Waals surface area contributed by atoms with Gasteiger partial charge in [-0.1, -0.05) is 12.1 Å². The standard InChI is InChI=1S/C8H9NO.C2H2O4/c1-2-4-8-7(3-1)9-5-6-10-8;3-1(4)2(5)6/h1-4,9H,5-6H2;(H,3,4)(H,5,6). The molecule has 0 spiro atoms. The Labute approximate surface area is 91.5 Å². The van der Waals surface area contributed by atoms with Gasteiger partial charge in [-0.05, 0) is 12.1 Å². The van der Waals surface area contributed by atoms with Crippen LogP contribution in [-0.4, -0.2) is 35.3 Å². The lowest BCUT2D eigenvalue weighted by Crippen LogP contribution is -2.17. The molecule has 0 aromatic heterocycles. The SMILES string of the molecule is O=C(O)C(=O)O.c1ccc2c(c1)NCCO2. The molecule has 2 rings (SSSR count). The van der Waals surface area contributed by atoms with Crippen molar-refractivity contribution < 1.29 is 24.5 Å². The number of hydrogen-bond acceptors (Lipinski definition) is 4. The van der Waals surface area contributed by atoms with Gasteiger partial charge in [-0.3, -0.25) is 0 Å². The lowest BCUT2D eigenvalue weighted by Gasteiger charge is -2.17. The number of rotatable bonds is 0. The number of para-hydroxylation sites is 2. The third kappa shape index (κ3) is 3.49. The minimum atomic E-state index is -1.82. The quantitative estimate of drug-likeness (QED) is 0.561. The average molecular weight is 225 g/mol. The second-order valence-electron chi connectivity index (χ2n) is 2.88. The van der Waals surface area contributed by atoms with Gasteiger partial charge in [-0.2, -0.15) is 0 Å². The predicted octanol–water partition coefficient (Wildman–Crippen LogP) is 0.646. The monoisotopic (exact) mass is 225 g/mol. The Hall–Kier alpha value is -2.24. The second kappa shape index (κ2) is 5.59. The highest BCUT2D eigenvalue weighted by molar-refractivity contribution is 6.27. The van der Waals surface area contributed by atoms with Crippen LogP contribution in [0.4, 0.5) is 5.69 Å². The molecule has 0 fully saturated rings. The molecule has 0 saturated carbocycles. The van der Waals surface area contributed by atoms with Crippen LogP contribution in [0.3, 0.4) is 0 Å². The van der Waals surface area contributed by atoms with Crippen molar-refractivity contribution in [3.05, 3.63) is 24.3 Å². The van der Waals surface area contributed by atoms with E-state index in [1.807, 2.05) is 24.3 Å². The second-order valence-corrected chi connectivity index (χ2v) is 2.88. The molecular weight excluding hydrogens is 214 g/mol. The summed E-state index contributed by atoms with van der Waals surface area (Å²) in [6, 6.07) is 7.97. The summed E-state index contributed by atoms with van der Waals surface area (Å²) in [6.45, 7) is 1.69. The zero-order chi connectivity index (χ0) is 12.0. The molecule has 1 heterocycles. The first-order valence-corrected chi connectivity index (χ1v) is 4.53. The molecule has 0 atom stereocenters. The van der Waals surface area contributed by atoms with E-state index in [0.717, 1.165) is 24.6 Å².